The van der Waals surface area contributed by atoms with Gasteiger partial charge < -0.3 is 20.5 Å². The Labute approximate surface area is 155 Å². The molecule has 2 aromatic rings. The Morgan fingerprint density at radius 1 is 1.30 bits per heavy atom. The van der Waals surface area contributed by atoms with Crippen molar-refractivity contribution in [2.45, 2.75) is 25.2 Å². The van der Waals surface area contributed by atoms with Gasteiger partial charge in [0.2, 0.25) is 0 Å². The van der Waals surface area contributed by atoms with Crippen molar-refractivity contribution in [1.82, 2.24) is 5.32 Å². The maximum Gasteiger partial charge on any atom is 0.416 e. The molecule has 1 unspecified atom stereocenters. The van der Waals surface area contributed by atoms with E-state index < -0.39 is 11.7 Å². The average molecular weight is 379 g/mol. The van der Waals surface area contributed by atoms with E-state index in [2.05, 4.69) is 10.3 Å². The lowest BCUT2D eigenvalue weighted by Gasteiger charge is -2.27. The first-order valence-corrected chi connectivity index (χ1v) is 8.41. The number of guanidine groups is 1. The van der Waals surface area contributed by atoms with Crippen LogP contribution in [0.15, 0.2) is 47.5 Å². The predicted octanol–water partition coefficient (Wildman–Crippen LogP) is 3.64. The maximum atomic E-state index is 13.3. The van der Waals surface area contributed by atoms with Crippen LogP contribution in [0.1, 0.15) is 29.2 Å². The summed E-state index contributed by atoms with van der Waals surface area (Å²) in [6.45, 7) is 0.335. The minimum atomic E-state index is -4.50. The van der Waals surface area contributed by atoms with Gasteiger partial charge in [-0.3, -0.25) is 0 Å². The summed E-state index contributed by atoms with van der Waals surface area (Å²) < 4.78 is 50.2. The van der Waals surface area contributed by atoms with Crippen LogP contribution >= 0.6 is 0 Å². The largest absolute Gasteiger partial charge is 0.497 e. The highest BCUT2D eigenvalue weighted by molar-refractivity contribution is 5.78. The topological polar surface area (TPSA) is 68.9 Å². The molecule has 0 aliphatic carbocycles. The molecule has 3 N–H and O–H groups in total. The fraction of sp³-hybridized carbons (Fsp3) is 0.316. The third kappa shape index (κ3) is 4.45. The van der Waals surface area contributed by atoms with Crippen molar-refractivity contribution >= 4 is 5.96 Å². The summed E-state index contributed by atoms with van der Waals surface area (Å²) in [7, 11) is 1.32. The first kappa shape index (κ1) is 18.9. The second kappa shape index (κ2) is 7.77. The molecule has 1 atom stereocenters. The summed E-state index contributed by atoms with van der Waals surface area (Å²) in [6.07, 6.45) is -3.81. The standard InChI is InChI=1S/C19H20F3N3O2/c1-26-13-7-6-12(15(10-13)19(20,21)22)11-24-18(23)25-16-8-9-27-17-5-3-2-4-14(16)17/h2-7,10,16H,8-9,11H2,1H3,(H3,23,24,25). The van der Waals surface area contributed by atoms with Gasteiger partial charge in [0.25, 0.3) is 0 Å². The van der Waals surface area contributed by atoms with Crippen molar-refractivity contribution in [3.63, 3.8) is 0 Å². The summed E-state index contributed by atoms with van der Waals surface area (Å²) in [4.78, 5) is 4.09. The molecule has 0 bridgehead atoms. The zero-order chi connectivity index (χ0) is 19.4. The number of para-hydroxylation sites is 1. The first-order valence-electron chi connectivity index (χ1n) is 8.41. The van der Waals surface area contributed by atoms with Crippen LogP contribution in [0.4, 0.5) is 13.2 Å². The number of ether oxygens (including phenoxy) is 2. The van der Waals surface area contributed by atoms with Crippen LogP contribution < -0.4 is 20.5 Å². The zero-order valence-electron chi connectivity index (χ0n) is 14.7. The number of aliphatic imine (C=N–C) groups is 1. The number of hydrogen-bond donors (Lipinski definition) is 2. The second-order valence-electron chi connectivity index (χ2n) is 6.09. The van der Waals surface area contributed by atoms with Gasteiger partial charge in [0.05, 0.1) is 31.9 Å². The van der Waals surface area contributed by atoms with Crippen LogP contribution in [0.25, 0.3) is 0 Å². The Bertz CT molecular complexity index is 837. The fourth-order valence-electron chi connectivity index (χ4n) is 2.97. The molecule has 0 saturated carbocycles. The van der Waals surface area contributed by atoms with Crippen molar-refractivity contribution in [2.75, 3.05) is 13.7 Å². The number of fused-ring (bicyclic) bond motifs is 1. The molecule has 0 saturated heterocycles. The molecule has 144 valence electrons. The lowest BCUT2D eigenvalue weighted by molar-refractivity contribution is -0.138. The highest BCUT2D eigenvalue weighted by Crippen LogP contribution is 2.35. The minimum Gasteiger partial charge on any atom is -0.497 e. The number of nitrogens with one attached hydrogen (secondary N) is 1. The molecule has 27 heavy (non-hydrogen) atoms. The van der Waals surface area contributed by atoms with E-state index in [1.807, 2.05) is 24.3 Å². The fourth-order valence-corrected chi connectivity index (χ4v) is 2.97. The number of alkyl halides is 3. The van der Waals surface area contributed by atoms with E-state index in [1.165, 1.54) is 19.2 Å². The highest BCUT2D eigenvalue weighted by atomic mass is 19.4. The van der Waals surface area contributed by atoms with Crippen molar-refractivity contribution in [3.05, 3.63) is 59.2 Å². The van der Waals surface area contributed by atoms with E-state index in [0.717, 1.165) is 17.4 Å². The van der Waals surface area contributed by atoms with Crippen molar-refractivity contribution in [3.8, 4) is 11.5 Å². The van der Waals surface area contributed by atoms with E-state index in [1.54, 1.807) is 0 Å². The van der Waals surface area contributed by atoms with Crippen LogP contribution in [-0.2, 0) is 12.7 Å². The molecule has 1 aliphatic rings. The summed E-state index contributed by atoms with van der Waals surface area (Å²) >= 11 is 0. The Morgan fingerprint density at radius 3 is 2.81 bits per heavy atom. The second-order valence-corrected chi connectivity index (χ2v) is 6.09. The van der Waals surface area contributed by atoms with E-state index in [4.69, 9.17) is 15.2 Å². The number of nitrogens with two attached hydrogens (primary N) is 1. The number of rotatable bonds is 4. The Hall–Kier alpha value is -2.90. The van der Waals surface area contributed by atoms with Gasteiger partial charge >= 0.3 is 6.18 Å². The third-order valence-electron chi connectivity index (χ3n) is 4.32. The van der Waals surface area contributed by atoms with Gasteiger partial charge in [0.15, 0.2) is 5.96 Å². The molecule has 0 fully saturated rings. The summed E-state index contributed by atoms with van der Waals surface area (Å²) in [5.74, 6) is 0.990. The molecule has 1 aliphatic heterocycles. The van der Waals surface area contributed by atoms with E-state index in [9.17, 15) is 13.2 Å². The minimum absolute atomic E-state index is 0.0282. The monoisotopic (exact) mass is 379 g/mol. The maximum absolute atomic E-state index is 13.3. The number of hydrogen-bond acceptors (Lipinski definition) is 3. The van der Waals surface area contributed by atoms with Crippen LogP contribution in [0.2, 0.25) is 0 Å². The van der Waals surface area contributed by atoms with Crippen molar-refractivity contribution < 1.29 is 22.6 Å². The molecule has 1 heterocycles. The first-order chi connectivity index (χ1) is 12.9. The van der Waals surface area contributed by atoms with Gasteiger partial charge in [0, 0.05) is 12.0 Å². The smallest absolute Gasteiger partial charge is 0.416 e. The third-order valence-corrected chi connectivity index (χ3v) is 4.32. The molecule has 0 radical (unpaired) electrons. The molecule has 5 nitrogen and oxygen atoms in total. The van der Waals surface area contributed by atoms with Crippen LogP contribution in [0, 0.1) is 0 Å². The number of halogens is 3. The van der Waals surface area contributed by atoms with E-state index in [0.29, 0.717) is 13.0 Å². The van der Waals surface area contributed by atoms with Crippen molar-refractivity contribution in [1.29, 1.82) is 0 Å². The lowest BCUT2D eigenvalue weighted by atomic mass is 10.0. The molecule has 0 spiro atoms. The Kier molecular flexibility index (Phi) is 5.43. The SMILES string of the molecule is COc1ccc(CN=C(N)NC2CCOc3ccccc32)c(C(F)(F)F)c1. The number of nitrogens with zero attached hydrogens (tertiary/aromatic N) is 1. The van der Waals surface area contributed by atoms with Gasteiger partial charge in [0.1, 0.15) is 11.5 Å². The summed E-state index contributed by atoms with van der Waals surface area (Å²) in [5.41, 5.74) is 6.11. The molecule has 8 heteroatoms. The van der Waals surface area contributed by atoms with Crippen molar-refractivity contribution in [2.24, 2.45) is 10.7 Å². The summed E-state index contributed by atoms with van der Waals surface area (Å²) in [6, 6.07) is 11.2. The average Bonchev–Trinajstić information content (AvgIpc) is 2.66. The Balaban J connectivity index is 1.75. The number of methoxy groups -OCH3 is 1. The molecular formula is C19H20F3N3O2. The number of benzene rings is 2. The van der Waals surface area contributed by atoms with E-state index in [-0.39, 0.29) is 29.9 Å². The normalized spacial score (nSPS) is 17.0. The zero-order valence-corrected chi connectivity index (χ0v) is 14.7. The van der Waals surface area contributed by atoms with Gasteiger partial charge in [-0.15, -0.1) is 0 Å². The van der Waals surface area contributed by atoms with Crippen LogP contribution in [0.5, 0.6) is 11.5 Å². The van der Waals surface area contributed by atoms with Crippen LogP contribution in [0.3, 0.4) is 0 Å². The molecule has 0 aromatic heterocycles. The Morgan fingerprint density at radius 2 is 2.07 bits per heavy atom. The summed E-state index contributed by atoms with van der Waals surface area (Å²) in [5, 5.41) is 3.07. The van der Waals surface area contributed by atoms with Gasteiger partial charge in [-0.25, -0.2) is 4.99 Å². The molecular weight excluding hydrogens is 359 g/mol. The molecule has 2 aromatic carbocycles. The quantitative estimate of drug-likeness (QED) is 0.629. The predicted molar refractivity (Wildman–Crippen MR) is 95.8 cm³/mol. The van der Waals surface area contributed by atoms with Gasteiger partial charge in [-0.2, -0.15) is 13.2 Å². The van der Waals surface area contributed by atoms with Gasteiger partial charge in [-0.1, -0.05) is 24.3 Å². The lowest BCUT2D eigenvalue weighted by Crippen LogP contribution is -2.37. The molecule has 0 amide bonds. The van der Waals surface area contributed by atoms with E-state index >= 15 is 0 Å². The molecule has 3 rings (SSSR count). The van der Waals surface area contributed by atoms with Gasteiger partial charge in [-0.05, 0) is 23.8 Å². The van der Waals surface area contributed by atoms with Crippen LogP contribution in [-0.4, -0.2) is 19.7 Å². The highest BCUT2D eigenvalue weighted by Gasteiger charge is 2.33.